The van der Waals surface area contributed by atoms with Crippen LogP contribution < -0.4 is 5.32 Å². The molecule has 0 spiro atoms. The first-order chi connectivity index (χ1) is 8.65. The highest BCUT2D eigenvalue weighted by Gasteiger charge is 2.24. The van der Waals surface area contributed by atoms with Gasteiger partial charge in [0.25, 0.3) is 0 Å². The van der Waals surface area contributed by atoms with E-state index in [0.717, 1.165) is 29.4 Å². The van der Waals surface area contributed by atoms with E-state index < -0.39 is 0 Å². The lowest BCUT2D eigenvalue weighted by atomic mass is 9.88. The number of halogens is 1. The molecule has 0 heterocycles. The SMILES string of the molecule is C[C@H]1CCCC[C@H]1OC(=O)Nc1ccc(Br)cc1. The fourth-order valence-electron chi connectivity index (χ4n) is 2.28. The summed E-state index contributed by atoms with van der Waals surface area (Å²) >= 11 is 3.36. The van der Waals surface area contributed by atoms with Crippen LogP contribution in [0.4, 0.5) is 10.5 Å². The van der Waals surface area contributed by atoms with Gasteiger partial charge in [-0.15, -0.1) is 0 Å². The summed E-state index contributed by atoms with van der Waals surface area (Å²) in [7, 11) is 0. The second-order valence-corrected chi connectivity index (χ2v) is 5.75. The number of ether oxygens (including phenoxy) is 1. The van der Waals surface area contributed by atoms with Crippen molar-refractivity contribution in [2.24, 2.45) is 5.92 Å². The van der Waals surface area contributed by atoms with Crippen molar-refractivity contribution >= 4 is 27.7 Å². The largest absolute Gasteiger partial charge is 0.446 e. The second-order valence-electron chi connectivity index (χ2n) is 4.84. The van der Waals surface area contributed by atoms with Gasteiger partial charge in [0.2, 0.25) is 0 Å². The van der Waals surface area contributed by atoms with Gasteiger partial charge in [0.1, 0.15) is 6.10 Å². The summed E-state index contributed by atoms with van der Waals surface area (Å²) in [5.74, 6) is 0.467. The third-order valence-electron chi connectivity index (χ3n) is 3.38. The molecule has 0 saturated heterocycles. The number of benzene rings is 1. The summed E-state index contributed by atoms with van der Waals surface area (Å²) in [4.78, 5) is 11.8. The van der Waals surface area contributed by atoms with E-state index in [9.17, 15) is 4.79 Å². The Balaban J connectivity index is 1.86. The molecule has 1 aliphatic carbocycles. The molecule has 1 aromatic rings. The number of anilines is 1. The fraction of sp³-hybridized carbons (Fsp3) is 0.500. The number of nitrogens with one attached hydrogen (secondary N) is 1. The van der Waals surface area contributed by atoms with Crippen LogP contribution in [0.3, 0.4) is 0 Å². The van der Waals surface area contributed by atoms with Crippen LogP contribution in [0.5, 0.6) is 0 Å². The molecular formula is C14H18BrNO2. The Bertz CT molecular complexity index is 405. The van der Waals surface area contributed by atoms with E-state index in [1.54, 1.807) is 0 Å². The Morgan fingerprint density at radius 1 is 1.28 bits per heavy atom. The lowest BCUT2D eigenvalue weighted by Crippen LogP contribution is -2.30. The first-order valence-electron chi connectivity index (χ1n) is 6.38. The van der Waals surface area contributed by atoms with E-state index in [-0.39, 0.29) is 12.2 Å². The zero-order chi connectivity index (χ0) is 13.0. The highest BCUT2D eigenvalue weighted by Crippen LogP contribution is 2.26. The molecule has 0 radical (unpaired) electrons. The number of hydrogen-bond donors (Lipinski definition) is 1. The number of rotatable bonds is 2. The van der Waals surface area contributed by atoms with Crippen LogP contribution in [0.25, 0.3) is 0 Å². The molecule has 2 rings (SSSR count). The maximum absolute atomic E-state index is 11.8. The van der Waals surface area contributed by atoms with Crippen LogP contribution in [-0.4, -0.2) is 12.2 Å². The average Bonchev–Trinajstić information content (AvgIpc) is 2.35. The average molecular weight is 312 g/mol. The maximum Gasteiger partial charge on any atom is 0.411 e. The highest BCUT2D eigenvalue weighted by atomic mass is 79.9. The van der Waals surface area contributed by atoms with Crippen LogP contribution in [-0.2, 0) is 4.74 Å². The molecule has 0 unspecified atom stereocenters. The van der Waals surface area contributed by atoms with Gasteiger partial charge in [-0.2, -0.15) is 0 Å². The van der Waals surface area contributed by atoms with Crippen molar-refractivity contribution in [2.75, 3.05) is 5.32 Å². The Morgan fingerprint density at radius 2 is 1.94 bits per heavy atom. The predicted molar refractivity (Wildman–Crippen MR) is 75.7 cm³/mol. The van der Waals surface area contributed by atoms with Gasteiger partial charge in [0, 0.05) is 10.2 Å². The molecule has 2 atom stereocenters. The normalized spacial score (nSPS) is 23.4. The maximum atomic E-state index is 11.8. The van der Waals surface area contributed by atoms with Crippen molar-refractivity contribution in [2.45, 2.75) is 38.7 Å². The smallest absolute Gasteiger partial charge is 0.411 e. The lowest BCUT2D eigenvalue weighted by Gasteiger charge is -2.28. The molecule has 18 heavy (non-hydrogen) atoms. The molecule has 0 aromatic heterocycles. The van der Waals surface area contributed by atoms with Crippen molar-refractivity contribution in [1.82, 2.24) is 0 Å². The zero-order valence-electron chi connectivity index (χ0n) is 10.5. The standard InChI is InChI=1S/C14H18BrNO2/c1-10-4-2-3-5-13(10)18-14(17)16-12-8-6-11(15)7-9-12/h6-10,13H,2-5H2,1H3,(H,16,17)/t10-,13+/m0/s1. The molecule has 4 heteroatoms. The van der Waals surface area contributed by atoms with Crippen molar-refractivity contribution in [3.63, 3.8) is 0 Å². The van der Waals surface area contributed by atoms with Crippen molar-refractivity contribution in [3.05, 3.63) is 28.7 Å². The molecule has 1 fully saturated rings. The Morgan fingerprint density at radius 3 is 2.61 bits per heavy atom. The molecule has 0 aliphatic heterocycles. The first-order valence-corrected chi connectivity index (χ1v) is 7.17. The summed E-state index contributed by atoms with van der Waals surface area (Å²) in [5.41, 5.74) is 0.756. The quantitative estimate of drug-likeness (QED) is 0.868. The van der Waals surface area contributed by atoms with Crippen LogP contribution in [0.2, 0.25) is 0 Å². The van der Waals surface area contributed by atoms with E-state index in [0.29, 0.717) is 5.92 Å². The third-order valence-corrected chi connectivity index (χ3v) is 3.91. The minimum Gasteiger partial charge on any atom is -0.446 e. The lowest BCUT2D eigenvalue weighted by molar-refractivity contribution is 0.0524. The van der Waals surface area contributed by atoms with Gasteiger partial charge in [-0.1, -0.05) is 29.3 Å². The van der Waals surface area contributed by atoms with Crippen LogP contribution in [0.15, 0.2) is 28.7 Å². The summed E-state index contributed by atoms with van der Waals surface area (Å²) in [6.45, 7) is 2.15. The molecule has 1 aliphatic rings. The summed E-state index contributed by atoms with van der Waals surface area (Å²) in [6, 6.07) is 7.46. The molecule has 1 saturated carbocycles. The third kappa shape index (κ3) is 3.73. The summed E-state index contributed by atoms with van der Waals surface area (Å²) in [6.07, 6.45) is 4.24. The number of carbonyl (C=O) groups excluding carboxylic acids is 1. The van der Waals surface area contributed by atoms with Crippen LogP contribution >= 0.6 is 15.9 Å². The molecule has 98 valence electrons. The number of amides is 1. The van der Waals surface area contributed by atoms with Gasteiger partial charge in [0.05, 0.1) is 0 Å². The van der Waals surface area contributed by atoms with Crippen LogP contribution in [0.1, 0.15) is 32.6 Å². The minimum atomic E-state index is -0.351. The van der Waals surface area contributed by atoms with E-state index in [4.69, 9.17) is 4.74 Å². The highest BCUT2D eigenvalue weighted by molar-refractivity contribution is 9.10. The van der Waals surface area contributed by atoms with Gasteiger partial charge in [-0.25, -0.2) is 4.79 Å². The summed E-state index contributed by atoms with van der Waals surface area (Å²) < 4.78 is 6.46. The van der Waals surface area contributed by atoms with Gasteiger partial charge < -0.3 is 4.74 Å². The van der Waals surface area contributed by atoms with Crippen molar-refractivity contribution in [3.8, 4) is 0 Å². The zero-order valence-corrected chi connectivity index (χ0v) is 12.1. The summed E-state index contributed by atoms with van der Waals surface area (Å²) in [5, 5.41) is 2.75. The van der Waals surface area contributed by atoms with E-state index >= 15 is 0 Å². The van der Waals surface area contributed by atoms with Crippen molar-refractivity contribution in [1.29, 1.82) is 0 Å². The first kappa shape index (κ1) is 13.4. The van der Waals surface area contributed by atoms with Gasteiger partial charge in [0.15, 0.2) is 0 Å². The van der Waals surface area contributed by atoms with E-state index in [1.165, 1.54) is 6.42 Å². The number of hydrogen-bond acceptors (Lipinski definition) is 2. The minimum absolute atomic E-state index is 0.0641. The Labute approximate surface area is 116 Å². The number of carbonyl (C=O) groups is 1. The van der Waals surface area contributed by atoms with Crippen molar-refractivity contribution < 1.29 is 9.53 Å². The molecule has 3 nitrogen and oxygen atoms in total. The fourth-order valence-corrected chi connectivity index (χ4v) is 2.54. The molecule has 1 amide bonds. The van der Waals surface area contributed by atoms with E-state index in [2.05, 4.69) is 28.2 Å². The van der Waals surface area contributed by atoms with Gasteiger partial charge >= 0.3 is 6.09 Å². The monoisotopic (exact) mass is 311 g/mol. The molecular weight excluding hydrogens is 294 g/mol. The van der Waals surface area contributed by atoms with Gasteiger partial charge in [-0.05, 0) is 49.4 Å². The topological polar surface area (TPSA) is 38.3 Å². The Hall–Kier alpha value is -1.03. The molecule has 0 bridgehead atoms. The predicted octanol–water partition coefficient (Wildman–Crippen LogP) is 4.58. The second kappa shape index (κ2) is 6.23. The molecule has 1 N–H and O–H groups in total. The van der Waals surface area contributed by atoms with E-state index in [1.807, 2.05) is 24.3 Å². The Kier molecular flexibility index (Phi) is 4.64. The molecule has 1 aromatic carbocycles. The van der Waals surface area contributed by atoms with Crippen LogP contribution in [0, 0.1) is 5.92 Å². The van der Waals surface area contributed by atoms with Gasteiger partial charge in [-0.3, -0.25) is 5.32 Å².